The highest BCUT2D eigenvalue weighted by Gasteiger charge is 2.28. The van der Waals surface area contributed by atoms with Crippen LogP contribution < -0.4 is 16.4 Å². The molecule has 0 heterocycles. The second kappa shape index (κ2) is 17.2. The lowest BCUT2D eigenvalue weighted by molar-refractivity contribution is -0.150. The van der Waals surface area contributed by atoms with E-state index >= 15 is 0 Å². The average Bonchev–Trinajstić information content (AvgIpc) is 2.85. The van der Waals surface area contributed by atoms with Gasteiger partial charge in [-0.2, -0.15) is 12.6 Å². The van der Waals surface area contributed by atoms with Crippen LogP contribution in [0.15, 0.2) is 30.3 Å². The Hall–Kier alpha value is -1.50. The summed E-state index contributed by atoms with van der Waals surface area (Å²) >= 11 is 4.24. The van der Waals surface area contributed by atoms with Gasteiger partial charge in [0.1, 0.15) is 22.0 Å². The van der Waals surface area contributed by atoms with Gasteiger partial charge in [0.05, 0.1) is 18.5 Å². The summed E-state index contributed by atoms with van der Waals surface area (Å²) in [6.07, 6.45) is 0.780. The molecule has 0 saturated heterocycles. The Labute approximate surface area is 228 Å². The molecule has 0 saturated carbocycles. The molecule has 1 aromatic carbocycles. The summed E-state index contributed by atoms with van der Waals surface area (Å²) in [5.74, 6) is -0.189. The van der Waals surface area contributed by atoms with Crippen molar-refractivity contribution in [1.82, 2.24) is 10.6 Å². The van der Waals surface area contributed by atoms with E-state index in [0.717, 1.165) is 12.7 Å². The Bertz CT molecular complexity index is 914. The summed E-state index contributed by atoms with van der Waals surface area (Å²) in [5, 5.41) is 6.46. The molecule has 9 nitrogen and oxygen atoms in total. The fraction of sp³-hybridized carbons (Fsp3) is 0.692. The van der Waals surface area contributed by atoms with Crippen LogP contribution in [-0.2, 0) is 24.1 Å². The molecule has 0 spiro atoms. The third kappa shape index (κ3) is 13.7. The highest BCUT2D eigenvalue weighted by Crippen LogP contribution is 2.13. The van der Waals surface area contributed by atoms with E-state index in [4.69, 9.17) is 15.2 Å². The number of carbonyl (C=O) groups excluding carboxylic acids is 2. The van der Waals surface area contributed by atoms with Crippen molar-refractivity contribution in [2.45, 2.75) is 70.9 Å². The minimum atomic E-state index is -3.30. The third-order valence-corrected chi connectivity index (χ3v) is 7.44. The third-order valence-electron chi connectivity index (χ3n) is 6.00. The SMILES string of the molecule is CC[C@H](C)[C@H](CO[C@@H](CN[C@@H](CCS(C)(=O)=O)C(=O)OC(C)C)C(=O)c1ccccc1)NC[C@@H](N)CS. The largest absolute Gasteiger partial charge is 0.462 e. The number of nitrogens with one attached hydrogen (secondary N) is 2. The molecule has 0 aliphatic carbocycles. The number of Topliss-reactive ketones (excluding diaryl/α,β-unsaturated/α-hetero) is 1. The molecule has 0 aromatic heterocycles. The van der Waals surface area contributed by atoms with Crippen molar-refractivity contribution in [1.29, 1.82) is 0 Å². The standard InChI is InChI=1S/C26H45N3O6S2/c1-6-19(4)23(28-14-21(27)17-36)16-34-24(25(30)20-10-8-7-9-11-20)15-29-22(12-13-37(5,32)33)26(31)35-18(2)3/h7-11,18-19,21-24,28-29,36H,6,12-17,27H2,1-5H3/t19-,21+,22-,23-,24-/m0/s1. The molecule has 0 bridgehead atoms. The number of rotatable bonds is 19. The van der Waals surface area contributed by atoms with Gasteiger partial charge in [-0.3, -0.25) is 9.59 Å². The average molecular weight is 560 g/mol. The zero-order valence-electron chi connectivity index (χ0n) is 22.7. The monoisotopic (exact) mass is 559 g/mol. The molecule has 0 aliphatic heterocycles. The lowest BCUT2D eigenvalue weighted by Crippen LogP contribution is -2.49. The van der Waals surface area contributed by atoms with E-state index in [1.165, 1.54) is 0 Å². The number of benzene rings is 1. The Morgan fingerprint density at radius 1 is 1.08 bits per heavy atom. The van der Waals surface area contributed by atoms with E-state index in [9.17, 15) is 18.0 Å². The first-order chi connectivity index (χ1) is 17.4. The fourth-order valence-corrected chi connectivity index (χ4v) is 4.30. The van der Waals surface area contributed by atoms with Crippen LogP contribution in [0.25, 0.3) is 0 Å². The van der Waals surface area contributed by atoms with E-state index in [-0.39, 0.29) is 55.2 Å². The van der Waals surface area contributed by atoms with Gasteiger partial charge in [0.25, 0.3) is 0 Å². The molecule has 0 radical (unpaired) electrons. The van der Waals surface area contributed by atoms with Gasteiger partial charge in [-0.15, -0.1) is 0 Å². The molecule has 0 unspecified atom stereocenters. The smallest absolute Gasteiger partial charge is 0.323 e. The first kappa shape index (κ1) is 33.5. The molecule has 0 amide bonds. The summed E-state index contributed by atoms with van der Waals surface area (Å²) in [7, 11) is -3.30. The number of hydrogen-bond donors (Lipinski definition) is 4. The van der Waals surface area contributed by atoms with Crippen molar-refractivity contribution in [3.05, 3.63) is 35.9 Å². The fourth-order valence-electron chi connectivity index (χ4n) is 3.51. The van der Waals surface area contributed by atoms with Gasteiger partial charge in [-0.05, 0) is 26.2 Å². The van der Waals surface area contributed by atoms with E-state index < -0.39 is 28.0 Å². The molecule has 212 valence electrons. The van der Waals surface area contributed by atoms with Gasteiger partial charge in [0.2, 0.25) is 0 Å². The number of hydrogen-bond acceptors (Lipinski definition) is 10. The topological polar surface area (TPSA) is 137 Å². The van der Waals surface area contributed by atoms with Crippen LogP contribution in [0.2, 0.25) is 0 Å². The Morgan fingerprint density at radius 3 is 2.27 bits per heavy atom. The van der Waals surface area contributed by atoms with Crippen molar-refractivity contribution in [3.63, 3.8) is 0 Å². The molecular weight excluding hydrogens is 514 g/mol. The van der Waals surface area contributed by atoms with E-state index in [1.807, 2.05) is 6.07 Å². The number of ketones is 1. The molecule has 1 aromatic rings. The van der Waals surface area contributed by atoms with Crippen LogP contribution in [0, 0.1) is 5.92 Å². The van der Waals surface area contributed by atoms with Crippen molar-refractivity contribution < 1.29 is 27.5 Å². The van der Waals surface area contributed by atoms with Gasteiger partial charge in [-0.1, -0.05) is 50.6 Å². The summed E-state index contributed by atoms with van der Waals surface area (Å²) in [5.41, 5.74) is 6.50. The highest BCUT2D eigenvalue weighted by atomic mass is 32.2. The maximum atomic E-state index is 13.4. The van der Waals surface area contributed by atoms with E-state index in [2.05, 4.69) is 37.1 Å². The normalized spacial score (nSPS) is 16.1. The number of ether oxygens (including phenoxy) is 2. The first-order valence-electron chi connectivity index (χ1n) is 12.8. The second-order valence-electron chi connectivity index (χ2n) is 9.76. The predicted molar refractivity (Wildman–Crippen MR) is 151 cm³/mol. The van der Waals surface area contributed by atoms with Gasteiger partial charge in [0.15, 0.2) is 5.78 Å². The van der Waals surface area contributed by atoms with E-state index in [0.29, 0.717) is 17.9 Å². The number of carbonyl (C=O) groups is 2. The molecule has 37 heavy (non-hydrogen) atoms. The van der Waals surface area contributed by atoms with Crippen molar-refractivity contribution in [2.24, 2.45) is 11.7 Å². The molecule has 4 N–H and O–H groups in total. The minimum absolute atomic E-state index is 0.0126. The number of nitrogens with two attached hydrogens (primary N) is 1. The van der Waals surface area contributed by atoms with Gasteiger partial charge in [0, 0.05) is 42.7 Å². The maximum Gasteiger partial charge on any atom is 0.323 e. The number of thiol groups is 1. The second-order valence-corrected chi connectivity index (χ2v) is 12.4. The zero-order valence-corrected chi connectivity index (χ0v) is 24.4. The summed E-state index contributed by atoms with van der Waals surface area (Å²) < 4.78 is 34.9. The molecule has 1 rings (SSSR count). The van der Waals surface area contributed by atoms with Crippen LogP contribution in [0.5, 0.6) is 0 Å². The quantitative estimate of drug-likeness (QED) is 0.114. The van der Waals surface area contributed by atoms with Crippen LogP contribution in [-0.4, -0.2) is 88.0 Å². The molecule has 0 aliphatic rings. The molecule has 5 atom stereocenters. The summed E-state index contributed by atoms with van der Waals surface area (Å²) in [6.45, 7) is 8.45. The molecule has 11 heteroatoms. The van der Waals surface area contributed by atoms with Crippen molar-refractivity contribution in [2.75, 3.05) is 37.5 Å². The zero-order chi connectivity index (χ0) is 28.0. The minimum Gasteiger partial charge on any atom is -0.462 e. The predicted octanol–water partition coefficient (Wildman–Crippen LogP) is 1.86. The lowest BCUT2D eigenvalue weighted by Gasteiger charge is -2.28. The summed E-state index contributed by atoms with van der Waals surface area (Å²) in [6, 6.07) is 7.73. The van der Waals surface area contributed by atoms with Crippen molar-refractivity contribution >= 4 is 34.2 Å². The molecular formula is C26H45N3O6S2. The van der Waals surface area contributed by atoms with Crippen molar-refractivity contribution in [3.8, 4) is 0 Å². The Balaban J connectivity index is 3.06. The van der Waals surface area contributed by atoms with E-state index in [1.54, 1.807) is 38.1 Å². The number of sulfone groups is 1. The number of esters is 1. The van der Waals surface area contributed by atoms with Crippen LogP contribution >= 0.6 is 12.6 Å². The Morgan fingerprint density at radius 2 is 1.73 bits per heavy atom. The highest BCUT2D eigenvalue weighted by molar-refractivity contribution is 7.90. The van der Waals surface area contributed by atoms with Gasteiger partial charge < -0.3 is 25.8 Å². The lowest BCUT2D eigenvalue weighted by atomic mass is 9.99. The Kier molecular flexibility index (Phi) is 15.5. The first-order valence-corrected chi connectivity index (χ1v) is 15.5. The molecule has 0 fully saturated rings. The maximum absolute atomic E-state index is 13.4. The summed E-state index contributed by atoms with van der Waals surface area (Å²) in [4.78, 5) is 26.0. The van der Waals surface area contributed by atoms with Crippen LogP contribution in [0.1, 0.15) is 50.9 Å². The van der Waals surface area contributed by atoms with Gasteiger partial charge in [-0.25, -0.2) is 8.42 Å². The van der Waals surface area contributed by atoms with Gasteiger partial charge >= 0.3 is 5.97 Å². The van der Waals surface area contributed by atoms with Crippen LogP contribution in [0.3, 0.4) is 0 Å². The van der Waals surface area contributed by atoms with Crippen LogP contribution in [0.4, 0.5) is 0 Å².